The van der Waals surface area contributed by atoms with Gasteiger partial charge in [-0.2, -0.15) is 0 Å². The number of nitrogens with one attached hydrogen (secondary N) is 1. The topological polar surface area (TPSA) is 55.1 Å². The van der Waals surface area contributed by atoms with Crippen LogP contribution in [0.5, 0.6) is 0 Å². The van der Waals surface area contributed by atoms with Crippen LogP contribution in [0.3, 0.4) is 0 Å². The molecule has 20 heavy (non-hydrogen) atoms. The highest BCUT2D eigenvalue weighted by Gasteiger charge is 2.38. The molecule has 1 fully saturated rings. The number of nitrogens with two attached hydrogens (primary N) is 1. The fourth-order valence-electron chi connectivity index (χ4n) is 2.66. The maximum atomic E-state index is 13.7. The van der Waals surface area contributed by atoms with E-state index in [9.17, 15) is 13.6 Å². The van der Waals surface area contributed by atoms with Crippen molar-refractivity contribution in [2.75, 3.05) is 5.32 Å². The van der Waals surface area contributed by atoms with Gasteiger partial charge in [-0.3, -0.25) is 4.79 Å². The molecule has 2 atom stereocenters. The number of amides is 1. The van der Waals surface area contributed by atoms with Crippen LogP contribution in [0.25, 0.3) is 0 Å². The van der Waals surface area contributed by atoms with Gasteiger partial charge in [-0.25, -0.2) is 8.78 Å². The van der Waals surface area contributed by atoms with Crippen molar-refractivity contribution < 1.29 is 13.6 Å². The van der Waals surface area contributed by atoms with Gasteiger partial charge in [0.25, 0.3) is 0 Å². The van der Waals surface area contributed by atoms with E-state index in [0.29, 0.717) is 18.8 Å². The van der Waals surface area contributed by atoms with Gasteiger partial charge in [-0.15, -0.1) is 0 Å². The second kappa shape index (κ2) is 5.77. The number of halogens is 3. The Kier molecular flexibility index (Phi) is 4.44. The van der Waals surface area contributed by atoms with Crippen molar-refractivity contribution in [3.63, 3.8) is 0 Å². The minimum absolute atomic E-state index is 0.0155. The molecule has 0 heterocycles. The molecule has 1 aliphatic rings. The van der Waals surface area contributed by atoms with Crippen molar-refractivity contribution >= 4 is 27.5 Å². The van der Waals surface area contributed by atoms with Crippen LogP contribution in [0.2, 0.25) is 0 Å². The smallest absolute Gasteiger partial charge is 0.244 e. The number of hydrogen-bond acceptors (Lipinski definition) is 2. The Morgan fingerprint density at radius 1 is 1.45 bits per heavy atom. The quantitative estimate of drug-likeness (QED) is 0.804. The maximum absolute atomic E-state index is 13.7. The summed E-state index contributed by atoms with van der Waals surface area (Å²) in [5, 5.41) is 2.41. The Hall–Kier alpha value is -1.01. The van der Waals surface area contributed by atoms with E-state index in [1.165, 1.54) is 0 Å². The first kappa shape index (κ1) is 15.4. The first-order valence-electron chi connectivity index (χ1n) is 6.57. The molecule has 0 aromatic heterocycles. The van der Waals surface area contributed by atoms with Crippen molar-refractivity contribution in [3.05, 3.63) is 28.2 Å². The number of benzene rings is 1. The van der Waals surface area contributed by atoms with Gasteiger partial charge in [0.15, 0.2) is 0 Å². The summed E-state index contributed by atoms with van der Waals surface area (Å²) in [6, 6.07) is 1.94. The van der Waals surface area contributed by atoms with Gasteiger partial charge >= 0.3 is 0 Å². The van der Waals surface area contributed by atoms with Gasteiger partial charge in [0.1, 0.15) is 11.6 Å². The second-order valence-electron chi connectivity index (χ2n) is 5.56. The molecule has 6 heteroatoms. The van der Waals surface area contributed by atoms with Crippen LogP contribution in [0.15, 0.2) is 16.6 Å². The largest absolute Gasteiger partial charge is 0.322 e. The normalized spacial score (nSPS) is 26.4. The number of rotatable bonds is 2. The van der Waals surface area contributed by atoms with E-state index in [1.54, 1.807) is 0 Å². The number of hydrogen-bond donors (Lipinski definition) is 2. The van der Waals surface area contributed by atoms with Gasteiger partial charge in [0.05, 0.1) is 15.7 Å². The standard InChI is InChI=1S/C14H17BrF2N2O/c1-8-3-2-4-14(18,7-8)13(20)19-12-6-10(16)9(15)5-11(12)17/h5-6,8H,2-4,7,18H2,1H3,(H,19,20). The monoisotopic (exact) mass is 346 g/mol. The van der Waals surface area contributed by atoms with Crippen molar-refractivity contribution in [3.8, 4) is 0 Å². The highest BCUT2D eigenvalue weighted by atomic mass is 79.9. The first-order valence-corrected chi connectivity index (χ1v) is 7.36. The van der Waals surface area contributed by atoms with E-state index in [1.807, 2.05) is 6.92 Å². The Balaban J connectivity index is 2.17. The number of anilines is 1. The van der Waals surface area contributed by atoms with Gasteiger partial charge in [0, 0.05) is 6.07 Å². The number of carbonyl (C=O) groups excluding carboxylic acids is 1. The third-order valence-corrected chi connectivity index (χ3v) is 4.35. The van der Waals surface area contributed by atoms with Crippen LogP contribution in [-0.2, 0) is 4.79 Å². The molecule has 3 N–H and O–H groups in total. The van der Waals surface area contributed by atoms with E-state index in [2.05, 4.69) is 21.2 Å². The molecule has 2 rings (SSSR count). The summed E-state index contributed by atoms with van der Waals surface area (Å²) >= 11 is 2.89. The summed E-state index contributed by atoms with van der Waals surface area (Å²) in [7, 11) is 0. The van der Waals surface area contributed by atoms with Crippen LogP contribution in [0, 0.1) is 17.6 Å². The summed E-state index contributed by atoms with van der Waals surface area (Å²) in [6.07, 6.45) is 3.01. The van der Waals surface area contributed by atoms with Crippen LogP contribution >= 0.6 is 15.9 Å². The second-order valence-corrected chi connectivity index (χ2v) is 6.41. The van der Waals surface area contributed by atoms with E-state index in [-0.39, 0.29) is 10.2 Å². The molecular formula is C14H17BrF2N2O. The lowest BCUT2D eigenvalue weighted by molar-refractivity contribution is -0.122. The molecule has 0 bridgehead atoms. The number of carbonyl (C=O) groups is 1. The minimum Gasteiger partial charge on any atom is -0.322 e. The highest BCUT2D eigenvalue weighted by Crippen LogP contribution is 2.32. The van der Waals surface area contributed by atoms with E-state index in [0.717, 1.165) is 25.0 Å². The van der Waals surface area contributed by atoms with E-state index >= 15 is 0 Å². The van der Waals surface area contributed by atoms with Crippen molar-refractivity contribution in [2.45, 2.75) is 38.1 Å². The molecular weight excluding hydrogens is 330 g/mol. The van der Waals surface area contributed by atoms with Crippen molar-refractivity contribution in [2.24, 2.45) is 11.7 Å². The fourth-order valence-corrected chi connectivity index (χ4v) is 2.98. The van der Waals surface area contributed by atoms with Crippen LogP contribution < -0.4 is 11.1 Å². The summed E-state index contributed by atoms with van der Waals surface area (Å²) in [6.45, 7) is 2.04. The van der Waals surface area contributed by atoms with Crippen LogP contribution in [0.4, 0.5) is 14.5 Å². The predicted octanol–water partition coefficient (Wildman–Crippen LogP) is 3.57. The van der Waals surface area contributed by atoms with Gasteiger partial charge in [-0.1, -0.05) is 19.8 Å². The molecule has 0 radical (unpaired) electrons. The van der Waals surface area contributed by atoms with E-state index in [4.69, 9.17) is 5.73 Å². The molecule has 1 amide bonds. The zero-order valence-corrected chi connectivity index (χ0v) is 12.8. The molecule has 0 spiro atoms. The lowest BCUT2D eigenvalue weighted by Gasteiger charge is -2.35. The van der Waals surface area contributed by atoms with Crippen molar-refractivity contribution in [1.82, 2.24) is 0 Å². The summed E-state index contributed by atoms with van der Waals surface area (Å²) in [5.74, 6) is -1.43. The SMILES string of the molecule is CC1CCCC(N)(C(=O)Nc2cc(F)c(Br)cc2F)C1. The molecule has 3 nitrogen and oxygen atoms in total. The van der Waals surface area contributed by atoms with Gasteiger partial charge < -0.3 is 11.1 Å². The van der Waals surface area contributed by atoms with Gasteiger partial charge in [0.2, 0.25) is 5.91 Å². The first-order chi connectivity index (χ1) is 9.32. The minimum atomic E-state index is -1.01. The molecule has 1 aliphatic carbocycles. The highest BCUT2D eigenvalue weighted by molar-refractivity contribution is 9.10. The summed E-state index contributed by atoms with van der Waals surface area (Å²) < 4.78 is 27.1. The molecule has 1 aromatic carbocycles. The summed E-state index contributed by atoms with van der Waals surface area (Å²) in [5.41, 5.74) is 4.93. The molecule has 110 valence electrons. The molecule has 0 saturated heterocycles. The average Bonchev–Trinajstić information content (AvgIpc) is 2.35. The summed E-state index contributed by atoms with van der Waals surface area (Å²) in [4.78, 5) is 12.2. The Bertz CT molecular complexity index is 538. The zero-order valence-electron chi connectivity index (χ0n) is 11.2. The molecule has 0 aliphatic heterocycles. The molecule has 2 unspecified atom stereocenters. The van der Waals surface area contributed by atoms with Gasteiger partial charge in [-0.05, 0) is 40.8 Å². The fraction of sp³-hybridized carbons (Fsp3) is 0.500. The Morgan fingerprint density at radius 3 is 2.80 bits per heavy atom. The van der Waals surface area contributed by atoms with Crippen molar-refractivity contribution in [1.29, 1.82) is 0 Å². The third-order valence-electron chi connectivity index (χ3n) is 3.74. The third kappa shape index (κ3) is 3.17. The van der Waals surface area contributed by atoms with Crippen LogP contribution in [0.1, 0.15) is 32.6 Å². The lowest BCUT2D eigenvalue weighted by atomic mass is 9.76. The van der Waals surface area contributed by atoms with Crippen LogP contribution in [-0.4, -0.2) is 11.4 Å². The molecule has 1 aromatic rings. The zero-order chi connectivity index (χ0) is 14.9. The Labute approximate surface area is 125 Å². The Morgan fingerprint density at radius 2 is 2.15 bits per heavy atom. The molecule has 1 saturated carbocycles. The predicted molar refractivity (Wildman–Crippen MR) is 77.2 cm³/mol. The van der Waals surface area contributed by atoms with E-state index < -0.39 is 23.1 Å². The average molecular weight is 347 g/mol. The lowest BCUT2D eigenvalue weighted by Crippen LogP contribution is -2.53. The maximum Gasteiger partial charge on any atom is 0.244 e.